The third-order valence-corrected chi connectivity index (χ3v) is 4.36. The highest BCUT2D eigenvalue weighted by Crippen LogP contribution is 2.38. The van der Waals surface area contributed by atoms with Crippen LogP contribution in [-0.2, 0) is 11.2 Å². The first-order valence-electron chi connectivity index (χ1n) is 6.26. The summed E-state index contributed by atoms with van der Waals surface area (Å²) in [5, 5.41) is 0.230. The van der Waals surface area contributed by atoms with Crippen LogP contribution >= 0.6 is 11.8 Å². The van der Waals surface area contributed by atoms with Crippen LogP contribution in [0.1, 0.15) is 36.8 Å². The molecule has 0 saturated carbocycles. The van der Waals surface area contributed by atoms with Gasteiger partial charge in [-0.15, -0.1) is 11.8 Å². The van der Waals surface area contributed by atoms with E-state index in [-0.39, 0.29) is 11.3 Å². The van der Waals surface area contributed by atoms with Crippen LogP contribution in [0.15, 0.2) is 24.3 Å². The van der Waals surface area contributed by atoms with Crippen molar-refractivity contribution in [2.45, 2.75) is 32.1 Å². The van der Waals surface area contributed by atoms with Crippen LogP contribution in [0.25, 0.3) is 0 Å². The van der Waals surface area contributed by atoms with Crippen molar-refractivity contribution < 1.29 is 4.79 Å². The topological polar surface area (TPSA) is 20.3 Å². The molecule has 3 heteroatoms. The number of thioether (sulfide) groups is 1. The molecule has 2 nitrogen and oxygen atoms in total. The van der Waals surface area contributed by atoms with Crippen LogP contribution in [0, 0.1) is 0 Å². The Bertz CT molecular complexity index is 388. The minimum Gasteiger partial charge on any atom is -0.326 e. The van der Waals surface area contributed by atoms with E-state index >= 15 is 0 Å². The maximum Gasteiger partial charge on any atom is 0.233 e. The summed E-state index contributed by atoms with van der Waals surface area (Å²) in [5.41, 5.74) is 2.61. The molecule has 0 bridgehead atoms. The molecular weight excluding hydrogens is 230 g/mol. The molecule has 0 N–H and O–H groups in total. The van der Waals surface area contributed by atoms with Gasteiger partial charge in [-0.25, -0.2) is 0 Å². The third kappa shape index (κ3) is 2.65. The standard InChI is InChI=1S/C14H19NOS/c1-3-9-15-13(16)10-17-14(15)12-7-5-11(4-2)6-8-12/h5-8,14H,3-4,9-10H2,1-2H3. The number of carbonyl (C=O) groups excluding carboxylic acids is 1. The van der Waals surface area contributed by atoms with Crippen LogP contribution in [0.2, 0.25) is 0 Å². The number of carbonyl (C=O) groups is 1. The van der Waals surface area contributed by atoms with E-state index in [1.807, 2.05) is 4.90 Å². The van der Waals surface area contributed by atoms with Crippen molar-refractivity contribution in [2.75, 3.05) is 12.3 Å². The fraction of sp³-hybridized carbons (Fsp3) is 0.500. The van der Waals surface area contributed by atoms with Gasteiger partial charge in [-0.2, -0.15) is 0 Å². The summed E-state index contributed by atoms with van der Waals surface area (Å²) in [5.74, 6) is 0.904. The van der Waals surface area contributed by atoms with Crippen molar-refractivity contribution >= 4 is 17.7 Å². The highest BCUT2D eigenvalue weighted by atomic mass is 32.2. The number of nitrogens with zero attached hydrogens (tertiary/aromatic N) is 1. The van der Waals surface area contributed by atoms with Gasteiger partial charge in [0, 0.05) is 6.54 Å². The molecule has 92 valence electrons. The first kappa shape index (κ1) is 12.5. The van der Waals surface area contributed by atoms with E-state index in [2.05, 4.69) is 38.1 Å². The average molecular weight is 249 g/mol. The Hall–Kier alpha value is -0.960. The molecule has 1 amide bonds. The summed E-state index contributed by atoms with van der Waals surface area (Å²) in [6.07, 6.45) is 2.09. The second-order valence-corrected chi connectivity index (χ2v) is 5.41. The second-order valence-electron chi connectivity index (χ2n) is 4.35. The van der Waals surface area contributed by atoms with E-state index in [1.54, 1.807) is 11.8 Å². The van der Waals surface area contributed by atoms with E-state index in [0.717, 1.165) is 19.4 Å². The number of hydrogen-bond acceptors (Lipinski definition) is 2. The van der Waals surface area contributed by atoms with Crippen LogP contribution in [0.3, 0.4) is 0 Å². The molecule has 0 radical (unpaired) electrons. The molecule has 1 aromatic rings. The van der Waals surface area contributed by atoms with Gasteiger partial charge in [0.1, 0.15) is 5.37 Å². The molecule has 1 atom stereocenters. The van der Waals surface area contributed by atoms with Gasteiger partial charge in [-0.3, -0.25) is 4.79 Å². The summed E-state index contributed by atoms with van der Waals surface area (Å²) < 4.78 is 0. The zero-order valence-corrected chi connectivity index (χ0v) is 11.3. The lowest BCUT2D eigenvalue weighted by Crippen LogP contribution is -2.28. The normalized spacial score (nSPS) is 20.0. The molecule has 2 rings (SSSR count). The molecule has 1 heterocycles. The van der Waals surface area contributed by atoms with Crippen molar-refractivity contribution in [3.05, 3.63) is 35.4 Å². The SMILES string of the molecule is CCCN1C(=O)CSC1c1ccc(CC)cc1. The van der Waals surface area contributed by atoms with Crippen LogP contribution in [0.5, 0.6) is 0 Å². The Morgan fingerprint density at radius 2 is 2.00 bits per heavy atom. The van der Waals surface area contributed by atoms with Gasteiger partial charge < -0.3 is 4.90 Å². The Balaban J connectivity index is 2.17. The minimum absolute atomic E-state index is 0.230. The van der Waals surface area contributed by atoms with Crippen molar-refractivity contribution in [1.82, 2.24) is 4.90 Å². The first-order valence-corrected chi connectivity index (χ1v) is 7.31. The summed E-state index contributed by atoms with van der Waals surface area (Å²) in [4.78, 5) is 13.8. The molecule has 1 fully saturated rings. The molecule has 1 aliphatic rings. The van der Waals surface area contributed by atoms with E-state index in [1.165, 1.54) is 11.1 Å². The van der Waals surface area contributed by atoms with Crippen LogP contribution in [-0.4, -0.2) is 23.1 Å². The highest BCUT2D eigenvalue weighted by molar-refractivity contribution is 8.00. The lowest BCUT2D eigenvalue weighted by atomic mass is 10.1. The van der Waals surface area contributed by atoms with Crippen molar-refractivity contribution in [3.63, 3.8) is 0 Å². The number of amides is 1. The number of rotatable bonds is 4. The van der Waals surface area contributed by atoms with E-state index in [4.69, 9.17) is 0 Å². The minimum atomic E-state index is 0.230. The van der Waals surface area contributed by atoms with Crippen molar-refractivity contribution in [3.8, 4) is 0 Å². The van der Waals surface area contributed by atoms with Gasteiger partial charge in [0.15, 0.2) is 0 Å². The van der Waals surface area contributed by atoms with E-state index < -0.39 is 0 Å². The fourth-order valence-electron chi connectivity index (χ4n) is 2.13. The van der Waals surface area contributed by atoms with Gasteiger partial charge in [-0.05, 0) is 24.0 Å². The molecule has 0 aliphatic carbocycles. The average Bonchev–Trinajstić information content (AvgIpc) is 2.72. The second kappa shape index (κ2) is 5.58. The quantitative estimate of drug-likeness (QED) is 0.816. The smallest absolute Gasteiger partial charge is 0.233 e. The first-order chi connectivity index (χ1) is 8.26. The van der Waals surface area contributed by atoms with Gasteiger partial charge in [-0.1, -0.05) is 38.1 Å². The number of benzene rings is 1. The number of aryl methyl sites for hydroxylation is 1. The molecule has 17 heavy (non-hydrogen) atoms. The third-order valence-electron chi connectivity index (χ3n) is 3.11. The van der Waals surface area contributed by atoms with Crippen LogP contribution in [0.4, 0.5) is 0 Å². The van der Waals surface area contributed by atoms with Gasteiger partial charge in [0.25, 0.3) is 0 Å². The summed E-state index contributed by atoms with van der Waals surface area (Å²) in [6.45, 7) is 5.14. The predicted octanol–water partition coefficient (Wildman–Crippen LogP) is 3.23. The summed E-state index contributed by atoms with van der Waals surface area (Å²) in [7, 11) is 0. The largest absolute Gasteiger partial charge is 0.326 e. The molecular formula is C14H19NOS. The highest BCUT2D eigenvalue weighted by Gasteiger charge is 2.31. The molecule has 1 unspecified atom stereocenters. The summed E-state index contributed by atoms with van der Waals surface area (Å²) in [6, 6.07) is 8.67. The lowest BCUT2D eigenvalue weighted by Gasteiger charge is -2.23. The molecule has 0 aromatic heterocycles. The lowest BCUT2D eigenvalue weighted by molar-refractivity contribution is -0.128. The number of hydrogen-bond donors (Lipinski definition) is 0. The molecule has 1 saturated heterocycles. The molecule has 1 aromatic carbocycles. The maximum atomic E-state index is 11.8. The Morgan fingerprint density at radius 1 is 1.29 bits per heavy atom. The Kier molecular flexibility index (Phi) is 4.11. The summed E-state index contributed by atoms with van der Waals surface area (Å²) >= 11 is 1.74. The fourth-order valence-corrected chi connectivity index (χ4v) is 3.35. The van der Waals surface area contributed by atoms with Crippen LogP contribution < -0.4 is 0 Å². The van der Waals surface area contributed by atoms with E-state index in [0.29, 0.717) is 5.75 Å². The van der Waals surface area contributed by atoms with Crippen molar-refractivity contribution in [1.29, 1.82) is 0 Å². The Labute approximate surface area is 107 Å². The zero-order chi connectivity index (χ0) is 12.3. The maximum absolute atomic E-state index is 11.8. The van der Waals surface area contributed by atoms with E-state index in [9.17, 15) is 4.79 Å². The zero-order valence-electron chi connectivity index (χ0n) is 10.5. The predicted molar refractivity (Wildman–Crippen MR) is 73.0 cm³/mol. The molecule has 0 spiro atoms. The monoisotopic (exact) mass is 249 g/mol. The van der Waals surface area contributed by atoms with Gasteiger partial charge in [0.2, 0.25) is 5.91 Å². The molecule has 1 aliphatic heterocycles. The van der Waals surface area contributed by atoms with Gasteiger partial charge in [0.05, 0.1) is 5.75 Å². The Morgan fingerprint density at radius 3 is 2.59 bits per heavy atom. The van der Waals surface area contributed by atoms with Crippen molar-refractivity contribution in [2.24, 2.45) is 0 Å². The van der Waals surface area contributed by atoms with Gasteiger partial charge >= 0.3 is 0 Å².